The zero-order chi connectivity index (χ0) is 11.9. The monoisotopic (exact) mass is 237 g/mol. The summed E-state index contributed by atoms with van der Waals surface area (Å²) in [5.41, 5.74) is 1.04. The summed E-state index contributed by atoms with van der Waals surface area (Å²) < 4.78 is 16.0. The molecule has 94 valence electrons. The van der Waals surface area contributed by atoms with Crippen molar-refractivity contribution < 1.29 is 14.2 Å². The Balaban J connectivity index is 1.69. The third kappa shape index (κ3) is 3.53. The number of ether oxygens (including phenoxy) is 3. The number of hydrogen-bond acceptors (Lipinski definition) is 4. The first kappa shape index (κ1) is 12.0. The standard InChI is InChI=1S/C13H19NO3/c1-2-3-7-15-8-6-14-11-4-5-12-13(9-11)17-10-16-12/h4-5,9,14H,2-3,6-8,10H2,1H3. The first-order valence-electron chi connectivity index (χ1n) is 6.11. The second kappa shape index (κ2) is 6.35. The number of fused-ring (bicyclic) bond motifs is 1. The molecular weight excluding hydrogens is 218 g/mol. The quantitative estimate of drug-likeness (QED) is 0.740. The molecule has 0 spiro atoms. The molecule has 4 nitrogen and oxygen atoms in total. The SMILES string of the molecule is CCCCOCCNc1ccc2c(c1)OCO2. The van der Waals surface area contributed by atoms with Crippen molar-refractivity contribution in [2.24, 2.45) is 0 Å². The van der Waals surface area contributed by atoms with Crippen molar-refractivity contribution in [3.8, 4) is 11.5 Å². The zero-order valence-electron chi connectivity index (χ0n) is 10.2. The number of hydrogen-bond donors (Lipinski definition) is 1. The van der Waals surface area contributed by atoms with Crippen LogP contribution in [0.2, 0.25) is 0 Å². The van der Waals surface area contributed by atoms with Crippen molar-refractivity contribution in [1.82, 2.24) is 0 Å². The molecule has 1 heterocycles. The van der Waals surface area contributed by atoms with Gasteiger partial charge in [0.25, 0.3) is 0 Å². The predicted molar refractivity (Wildman–Crippen MR) is 66.8 cm³/mol. The van der Waals surface area contributed by atoms with Crippen LogP contribution in [0.15, 0.2) is 18.2 Å². The van der Waals surface area contributed by atoms with Crippen LogP contribution in [0.5, 0.6) is 11.5 Å². The van der Waals surface area contributed by atoms with Crippen LogP contribution in [0.1, 0.15) is 19.8 Å². The molecule has 4 heteroatoms. The van der Waals surface area contributed by atoms with Crippen molar-refractivity contribution in [2.45, 2.75) is 19.8 Å². The van der Waals surface area contributed by atoms with E-state index in [1.165, 1.54) is 6.42 Å². The highest BCUT2D eigenvalue weighted by Crippen LogP contribution is 2.34. The molecule has 0 unspecified atom stereocenters. The maximum Gasteiger partial charge on any atom is 0.231 e. The Morgan fingerprint density at radius 3 is 3.00 bits per heavy atom. The van der Waals surface area contributed by atoms with Gasteiger partial charge in [-0.25, -0.2) is 0 Å². The fourth-order valence-corrected chi connectivity index (χ4v) is 1.62. The minimum Gasteiger partial charge on any atom is -0.454 e. The summed E-state index contributed by atoms with van der Waals surface area (Å²) in [6.45, 7) is 4.87. The van der Waals surface area contributed by atoms with Gasteiger partial charge in [0.15, 0.2) is 11.5 Å². The molecule has 2 rings (SSSR count). The average molecular weight is 237 g/mol. The highest BCUT2D eigenvalue weighted by molar-refractivity contribution is 5.55. The zero-order valence-corrected chi connectivity index (χ0v) is 10.2. The Labute approximate surface area is 102 Å². The molecule has 0 aliphatic carbocycles. The van der Waals surface area contributed by atoms with Gasteiger partial charge in [0.2, 0.25) is 6.79 Å². The summed E-state index contributed by atoms with van der Waals surface area (Å²) in [6.07, 6.45) is 2.31. The van der Waals surface area contributed by atoms with Crippen LogP contribution in [0.4, 0.5) is 5.69 Å². The van der Waals surface area contributed by atoms with Crippen molar-refractivity contribution in [2.75, 3.05) is 31.9 Å². The Morgan fingerprint density at radius 1 is 1.24 bits per heavy atom. The van der Waals surface area contributed by atoms with Gasteiger partial charge in [-0.05, 0) is 18.6 Å². The number of rotatable bonds is 7. The lowest BCUT2D eigenvalue weighted by Gasteiger charge is -2.07. The van der Waals surface area contributed by atoms with Crippen LogP contribution in [-0.2, 0) is 4.74 Å². The Bertz CT molecular complexity index is 355. The van der Waals surface area contributed by atoms with Crippen molar-refractivity contribution in [3.63, 3.8) is 0 Å². The van der Waals surface area contributed by atoms with E-state index in [-0.39, 0.29) is 0 Å². The number of anilines is 1. The minimum atomic E-state index is 0.318. The van der Waals surface area contributed by atoms with Crippen LogP contribution in [0.25, 0.3) is 0 Å². The average Bonchev–Trinajstić information content (AvgIpc) is 2.81. The van der Waals surface area contributed by atoms with E-state index >= 15 is 0 Å². The normalized spacial score (nSPS) is 12.8. The summed E-state index contributed by atoms with van der Waals surface area (Å²) in [5, 5.41) is 3.29. The molecule has 1 N–H and O–H groups in total. The van der Waals surface area contributed by atoms with E-state index in [0.29, 0.717) is 6.79 Å². The van der Waals surface area contributed by atoms with Crippen molar-refractivity contribution >= 4 is 5.69 Å². The van der Waals surface area contributed by atoms with Gasteiger partial charge >= 0.3 is 0 Å². The Morgan fingerprint density at radius 2 is 2.12 bits per heavy atom. The molecule has 0 fully saturated rings. The van der Waals surface area contributed by atoms with Gasteiger partial charge in [0.1, 0.15) is 0 Å². The maximum absolute atomic E-state index is 5.47. The molecule has 1 aromatic carbocycles. The summed E-state index contributed by atoms with van der Waals surface area (Å²) in [5.74, 6) is 1.62. The molecule has 0 saturated heterocycles. The van der Waals surface area contributed by atoms with Gasteiger partial charge in [-0.1, -0.05) is 13.3 Å². The lowest BCUT2D eigenvalue weighted by atomic mass is 10.3. The molecule has 1 aromatic rings. The molecule has 0 aromatic heterocycles. The second-order valence-electron chi connectivity index (χ2n) is 3.96. The lowest BCUT2D eigenvalue weighted by Crippen LogP contribution is -2.09. The molecule has 1 aliphatic rings. The third-order valence-corrected chi connectivity index (χ3v) is 2.59. The fourth-order valence-electron chi connectivity index (χ4n) is 1.62. The summed E-state index contributed by atoms with van der Waals surface area (Å²) in [6, 6.07) is 5.86. The number of nitrogens with one attached hydrogen (secondary N) is 1. The summed E-state index contributed by atoms with van der Waals surface area (Å²) in [4.78, 5) is 0. The molecule has 17 heavy (non-hydrogen) atoms. The van der Waals surface area contributed by atoms with E-state index in [2.05, 4.69) is 12.2 Å². The first-order valence-corrected chi connectivity index (χ1v) is 6.11. The van der Waals surface area contributed by atoms with Crippen LogP contribution in [-0.4, -0.2) is 26.6 Å². The fraction of sp³-hybridized carbons (Fsp3) is 0.538. The number of benzene rings is 1. The van der Waals surface area contributed by atoms with E-state index in [1.807, 2.05) is 18.2 Å². The number of unbranched alkanes of at least 4 members (excludes halogenated alkanes) is 1. The van der Waals surface area contributed by atoms with Gasteiger partial charge in [-0.3, -0.25) is 0 Å². The first-order chi connectivity index (χ1) is 8.40. The summed E-state index contributed by atoms with van der Waals surface area (Å²) >= 11 is 0. The molecule has 0 amide bonds. The van der Waals surface area contributed by atoms with E-state index in [1.54, 1.807) is 0 Å². The smallest absolute Gasteiger partial charge is 0.231 e. The molecular formula is C13H19NO3. The van der Waals surface area contributed by atoms with E-state index < -0.39 is 0 Å². The van der Waals surface area contributed by atoms with Gasteiger partial charge in [-0.2, -0.15) is 0 Å². The molecule has 0 atom stereocenters. The van der Waals surface area contributed by atoms with Crippen LogP contribution in [0.3, 0.4) is 0 Å². The second-order valence-corrected chi connectivity index (χ2v) is 3.96. The van der Waals surface area contributed by atoms with Crippen LogP contribution < -0.4 is 14.8 Å². The Hall–Kier alpha value is -1.42. The maximum atomic E-state index is 5.47. The summed E-state index contributed by atoms with van der Waals surface area (Å²) in [7, 11) is 0. The van der Waals surface area contributed by atoms with E-state index in [9.17, 15) is 0 Å². The molecule has 0 saturated carbocycles. The van der Waals surface area contributed by atoms with E-state index in [0.717, 1.165) is 43.4 Å². The van der Waals surface area contributed by atoms with Crippen molar-refractivity contribution in [3.05, 3.63) is 18.2 Å². The highest BCUT2D eigenvalue weighted by Gasteiger charge is 2.12. The highest BCUT2D eigenvalue weighted by atomic mass is 16.7. The van der Waals surface area contributed by atoms with Gasteiger partial charge in [0, 0.05) is 24.9 Å². The molecule has 1 aliphatic heterocycles. The third-order valence-electron chi connectivity index (χ3n) is 2.59. The van der Waals surface area contributed by atoms with Crippen LogP contribution >= 0.6 is 0 Å². The lowest BCUT2D eigenvalue weighted by molar-refractivity contribution is 0.141. The molecule has 0 bridgehead atoms. The van der Waals surface area contributed by atoms with E-state index in [4.69, 9.17) is 14.2 Å². The van der Waals surface area contributed by atoms with Gasteiger partial charge < -0.3 is 19.5 Å². The predicted octanol–water partition coefficient (Wildman–Crippen LogP) is 2.64. The van der Waals surface area contributed by atoms with Crippen LogP contribution in [0, 0.1) is 0 Å². The largest absolute Gasteiger partial charge is 0.454 e. The van der Waals surface area contributed by atoms with Gasteiger partial charge in [-0.15, -0.1) is 0 Å². The van der Waals surface area contributed by atoms with Crippen molar-refractivity contribution in [1.29, 1.82) is 0 Å². The Kier molecular flexibility index (Phi) is 4.50. The van der Waals surface area contributed by atoms with Gasteiger partial charge in [0.05, 0.1) is 6.61 Å². The topological polar surface area (TPSA) is 39.7 Å². The molecule has 0 radical (unpaired) electrons. The minimum absolute atomic E-state index is 0.318.